The Morgan fingerprint density at radius 3 is 1.26 bits per heavy atom. The molecule has 0 spiro atoms. The zero-order valence-corrected chi connectivity index (χ0v) is 40.8. The van der Waals surface area contributed by atoms with E-state index < -0.39 is 0 Å². The van der Waals surface area contributed by atoms with Gasteiger partial charge in [0.1, 0.15) is 33.0 Å². The number of fused-ring (bicyclic) bond motifs is 2. The Hall–Kier alpha value is -6.90. The van der Waals surface area contributed by atoms with Gasteiger partial charge in [0.05, 0.1) is 58.4 Å². The summed E-state index contributed by atoms with van der Waals surface area (Å²) in [6, 6.07) is 44.3. The molecule has 13 heteroatoms. The van der Waals surface area contributed by atoms with E-state index in [0.29, 0.717) is 121 Å². The molecule has 70 heavy (non-hydrogen) atoms. The van der Waals surface area contributed by atoms with Crippen molar-refractivity contribution in [3.63, 3.8) is 0 Å². The van der Waals surface area contributed by atoms with E-state index in [0.717, 1.165) is 33.5 Å². The molecule has 13 nitrogen and oxygen atoms in total. The summed E-state index contributed by atoms with van der Waals surface area (Å²) in [5.74, 6) is 2.40. The molecule has 0 bridgehead atoms. The molecule has 0 saturated carbocycles. The molecule has 0 aliphatic carbocycles. The Labute approximate surface area is 412 Å². The lowest BCUT2D eigenvalue weighted by Crippen LogP contribution is -2.34. The highest BCUT2D eigenvalue weighted by atomic mass is 16.6. The Bertz CT molecular complexity index is 2330. The van der Waals surface area contributed by atoms with E-state index in [1.54, 1.807) is 4.90 Å². The molecule has 2 amide bonds. The summed E-state index contributed by atoms with van der Waals surface area (Å²) < 4.78 is 50.9. The summed E-state index contributed by atoms with van der Waals surface area (Å²) in [5.41, 5.74) is 8.68. The maximum atomic E-state index is 13.3. The number of ether oxygens (including phenoxy) is 9. The van der Waals surface area contributed by atoms with Crippen LogP contribution in [0.5, 0.6) is 23.0 Å². The predicted octanol–water partition coefficient (Wildman–Crippen LogP) is 10.5. The number of carbonyl (C=O) groups excluding carboxylic acids is 2. The lowest BCUT2D eigenvalue weighted by Gasteiger charge is -2.24. The van der Waals surface area contributed by atoms with Crippen LogP contribution >= 0.6 is 0 Å². The van der Waals surface area contributed by atoms with Gasteiger partial charge < -0.3 is 52.8 Å². The minimum atomic E-state index is -0.335. The molecule has 0 saturated heterocycles. The number of nitrogens with zero attached hydrogens (tertiary/aromatic N) is 1. The highest BCUT2D eigenvalue weighted by Gasteiger charge is 2.17. The zero-order chi connectivity index (χ0) is 49.2. The highest BCUT2D eigenvalue weighted by molar-refractivity contribution is 5.90. The van der Waals surface area contributed by atoms with Crippen LogP contribution in [0.15, 0.2) is 140 Å². The second-order valence-electron chi connectivity index (χ2n) is 16.7. The van der Waals surface area contributed by atoms with Crippen LogP contribution in [-0.2, 0) is 43.4 Å². The summed E-state index contributed by atoms with van der Waals surface area (Å²) >= 11 is 0. The van der Waals surface area contributed by atoms with Gasteiger partial charge in [0.25, 0.3) is 0 Å². The number of carbonyl (C=O) groups is 2. The molecule has 6 aromatic rings. The summed E-state index contributed by atoms with van der Waals surface area (Å²) in [4.78, 5) is 27.6. The van der Waals surface area contributed by atoms with Crippen molar-refractivity contribution in [2.24, 2.45) is 0 Å². The van der Waals surface area contributed by atoms with Crippen molar-refractivity contribution in [2.45, 2.75) is 47.4 Å². The quantitative estimate of drug-likeness (QED) is 0.146. The zero-order valence-electron chi connectivity index (χ0n) is 40.8. The molecule has 1 aliphatic heterocycles. The van der Waals surface area contributed by atoms with Gasteiger partial charge in [-0.25, -0.2) is 9.59 Å². The van der Waals surface area contributed by atoms with Gasteiger partial charge in [-0.05, 0) is 92.9 Å². The Morgan fingerprint density at radius 2 is 0.814 bits per heavy atom. The van der Waals surface area contributed by atoms with E-state index in [2.05, 4.69) is 37.4 Å². The minimum absolute atomic E-state index is 0.165. The molecule has 1 aliphatic rings. The number of para-hydroxylation sites is 5. The SMILES string of the molecule is Cc1cc(C)cc(CN(Cc2ccc(COC(=O)c3cc(C)cc(C)c3)cc2)C(=O)Nc2ccccc2)c1.c1ccc2c(c1)OCCOCCOCCOc1ccccc1OCCOCCOCCO2. The molecular formula is C57H66N2O11. The third kappa shape index (κ3) is 18.9. The topological polar surface area (TPSA) is 132 Å². The fraction of sp³-hybridized carbons (Fsp3) is 0.333. The highest BCUT2D eigenvalue weighted by Crippen LogP contribution is 2.27. The summed E-state index contributed by atoms with van der Waals surface area (Å²) in [6.45, 7) is 14.6. The van der Waals surface area contributed by atoms with Crippen molar-refractivity contribution in [3.8, 4) is 23.0 Å². The van der Waals surface area contributed by atoms with Crippen LogP contribution in [0.2, 0.25) is 0 Å². The summed E-state index contributed by atoms with van der Waals surface area (Å²) in [6.07, 6.45) is 0. The molecule has 370 valence electrons. The minimum Gasteiger partial charge on any atom is -0.487 e. The van der Waals surface area contributed by atoms with Crippen LogP contribution in [0.3, 0.4) is 0 Å². The van der Waals surface area contributed by atoms with Crippen molar-refractivity contribution >= 4 is 17.7 Å². The molecule has 1 heterocycles. The fourth-order valence-electron chi connectivity index (χ4n) is 7.45. The van der Waals surface area contributed by atoms with Crippen molar-refractivity contribution in [1.29, 1.82) is 0 Å². The fourth-order valence-corrected chi connectivity index (χ4v) is 7.45. The molecule has 0 atom stereocenters. The number of hydrogen-bond donors (Lipinski definition) is 1. The van der Waals surface area contributed by atoms with Crippen LogP contribution < -0.4 is 24.3 Å². The van der Waals surface area contributed by atoms with Gasteiger partial charge >= 0.3 is 12.0 Å². The first-order valence-electron chi connectivity index (χ1n) is 23.7. The van der Waals surface area contributed by atoms with Crippen molar-refractivity contribution in [2.75, 3.05) is 84.6 Å². The summed E-state index contributed by atoms with van der Waals surface area (Å²) in [7, 11) is 0. The lowest BCUT2D eigenvalue weighted by molar-refractivity contribution is 0.0223. The molecule has 0 unspecified atom stereocenters. The van der Waals surface area contributed by atoms with Crippen LogP contribution in [-0.4, -0.2) is 96.2 Å². The smallest absolute Gasteiger partial charge is 0.338 e. The maximum absolute atomic E-state index is 13.3. The van der Waals surface area contributed by atoms with E-state index in [-0.39, 0.29) is 18.6 Å². The van der Waals surface area contributed by atoms with Gasteiger partial charge in [0, 0.05) is 18.8 Å². The van der Waals surface area contributed by atoms with Gasteiger partial charge in [0.15, 0.2) is 23.0 Å². The van der Waals surface area contributed by atoms with Gasteiger partial charge in [-0.15, -0.1) is 0 Å². The van der Waals surface area contributed by atoms with Crippen molar-refractivity contribution < 1.29 is 52.2 Å². The Balaban J connectivity index is 0.000000233. The maximum Gasteiger partial charge on any atom is 0.338 e. The van der Waals surface area contributed by atoms with Crippen LogP contribution in [0, 0.1) is 27.7 Å². The van der Waals surface area contributed by atoms with Crippen LogP contribution in [0.1, 0.15) is 49.3 Å². The normalized spacial score (nSPS) is 14.1. The molecule has 7 rings (SSSR count). The molecular weight excluding hydrogens is 889 g/mol. The first-order chi connectivity index (χ1) is 34.2. The first kappa shape index (κ1) is 52.5. The second-order valence-corrected chi connectivity index (χ2v) is 16.7. The second kappa shape index (κ2) is 29.2. The molecule has 6 aromatic carbocycles. The Morgan fingerprint density at radius 1 is 0.443 bits per heavy atom. The van der Waals surface area contributed by atoms with Crippen LogP contribution in [0.25, 0.3) is 0 Å². The van der Waals surface area contributed by atoms with Crippen molar-refractivity contribution in [3.05, 3.63) is 184 Å². The third-order valence-corrected chi connectivity index (χ3v) is 10.6. The van der Waals surface area contributed by atoms with E-state index in [9.17, 15) is 9.59 Å². The molecule has 1 N–H and O–H groups in total. The molecule has 0 aromatic heterocycles. The van der Waals surface area contributed by atoms with E-state index >= 15 is 0 Å². The van der Waals surface area contributed by atoms with Gasteiger partial charge in [-0.2, -0.15) is 0 Å². The molecule has 0 fully saturated rings. The third-order valence-electron chi connectivity index (χ3n) is 10.6. The standard InChI is InChI=1S/C33H34N2O3.C24H32O8/c1-23-14-24(2)17-29(16-23)21-35(33(37)34-31-8-6-5-7-9-31)20-27-10-12-28(13-11-27)22-38-32(36)30-18-25(3)15-26(4)19-30;1-2-6-22-21(5-1)29-17-13-25-9-10-27-15-19-31-23-7-3-4-8-24(23)32-20-16-28-12-11-26-14-18-30-22/h5-19H,20-22H2,1-4H3,(H,34,37);1-8H,9-20H2. The number of esters is 1. The number of urea groups is 1. The Kier molecular flexibility index (Phi) is 21.9. The van der Waals surface area contributed by atoms with Crippen molar-refractivity contribution in [1.82, 2.24) is 4.90 Å². The number of hydrogen-bond acceptors (Lipinski definition) is 11. The largest absolute Gasteiger partial charge is 0.487 e. The van der Waals surface area contributed by atoms with Gasteiger partial charge in [0.2, 0.25) is 0 Å². The first-order valence-corrected chi connectivity index (χ1v) is 23.7. The lowest BCUT2D eigenvalue weighted by atomic mass is 10.1. The average molecular weight is 955 g/mol. The average Bonchev–Trinajstić information content (AvgIpc) is 3.35. The number of anilines is 1. The monoisotopic (exact) mass is 954 g/mol. The number of benzene rings is 6. The summed E-state index contributed by atoms with van der Waals surface area (Å²) in [5, 5.41) is 3.01. The number of rotatable bonds is 8. The predicted molar refractivity (Wildman–Crippen MR) is 270 cm³/mol. The van der Waals surface area contributed by atoms with Gasteiger partial charge in [-0.3, -0.25) is 0 Å². The van der Waals surface area contributed by atoms with Crippen LogP contribution in [0.4, 0.5) is 10.5 Å². The van der Waals surface area contributed by atoms with E-state index in [4.69, 9.17) is 42.6 Å². The van der Waals surface area contributed by atoms with E-state index in [1.165, 1.54) is 11.1 Å². The number of aryl methyl sites for hydroxylation is 4. The van der Waals surface area contributed by atoms with E-state index in [1.807, 2.05) is 135 Å². The van der Waals surface area contributed by atoms with Gasteiger partial charge in [-0.1, -0.05) is 113 Å². The molecule has 0 radical (unpaired) electrons. The number of nitrogens with one attached hydrogen (secondary N) is 1. The number of amides is 2.